The normalized spacial score (nSPS) is 35.2. The van der Waals surface area contributed by atoms with Crippen LogP contribution in [0.2, 0.25) is 0 Å². The average molecular weight is 173 g/mol. The number of nitrogens with zero attached hydrogens (tertiary/aromatic N) is 2. The summed E-state index contributed by atoms with van der Waals surface area (Å²) in [4.78, 5) is 2.57. The summed E-state index contributed by atoms with van der Waals surface area (Å²) in [6.07, 6.45) is 0. The van der Waals surface area contributed by atoms with E-state index in [1.807, 2.05) is 5.01 Å². The van der Waals surface area contributed by atoms with Crippen molar-refractivity contribution in [2.45, 2.75) is 6.04 Å². The van der Waals surface area contributed by atoms with Crippen molar-refractivity contribution < 1.29 is 0 Å². The Morgan fingerprint density at radius 1 is 1.27 bits per heavy atom. The SMILES string of the molecule is NN1CCN2CCSCC2C1. The first kappa shape index (κ1) is 7.86. The highest BCUT2D eigenvalue weighted by Crippen LogP contribution is 2.18. The third-order valence-corrected chi connectivity index (χ3v) is 3.56. The zero-order chi connectivity index (χ0) is 7.68. The molecular weight excluding hydrogens is 158 g/mol. The van der Waals surface area contributed by atoms with E-state index in [2.05, 4.69) is 16.7 Å². The Bertz CT molecular complexity index is 142. The number of piperazine rings is 1. The molecule has 2 heterocycles. The monoisotopic (exact) mass is 173 g/mol. The van der Waals surface area contributed by atoms with Gasteiger partial charge in [0.05, 0.1) is 0 Å². The van der Waals surface area contributed by atoms with Gasteiger partial charge in [0.1, 0.15) is 0 Å². The van der Waals surface area contributed by atoms with Gasteiger partial charge in [-0.2, -0.15) is 11.8 Å². The molecule has 0 bridgehead atoms. The number of hydrogen-bond donors (Lipinski definition) is 1. The smallest absolute Gasteiger partial charge is 0.0328 e. The van der Waals surface area contributed by atoms with Crippen LogP contribution >= 0.6 is 11.8 Å². The molecule has 2 N–H and O–H groups in total. The maximum absolute atomic E-state index is 5.74. The molecule has 0 radical (unpaired) electrons. The fourth-order valence-electron chi connectivity index (χ4n) is 1.77. The summed E-state index contributed by atoms with van der Waals surface area (Å²) in [7, 11) is 0. The second-order valence-corrected chi connectivity index (χ2v) is 4.41. The molecule has 0 spiro atoms. The van der Waals surface area contributed by atoms with Crippen molar-refractivity contribution in [1.29, 1.82) is 0 Å². The quantitative estimate of drug-likeness (QED) is 0.505. The molecule has 0 aliphatic carbocycles. The van der Waals surface area contributed by atoms with Crippen molar-refractivity contribution in [1.82, 2.24) is 9.91 Å². The molecule has 2 aliphatic rings. The van der Waals surface area contributed by atoms with E-state index < -0.39 is 0 Å². The fourth-order valence-corrected chi connectivity index (χ4v) is 2.89. The van der Waals surface area contributed by atoms with Crippen molar-refractivity contribution in [3.8, 4) is 0 Å². The minimum absolute atomic E-state index is 0.729. The molecule has 11 heavy (non-hydrogen) atoms. The van der Waals surface area contributed by atoms with Crippen molar-refractivity contribution >= 4 is 11.8 Å². The predicted molar refractivity (Wildman–Crippen MR) is 48.4 cm³/mol. The van der Waals surface area contributed by atoms with E-state index in [0.717, 1.165) is 19.1 Å². The van der Waals surface area contributed by atoms with Gasteiger partial charge in [0, 0.05) is 43.7 Å². The van der Waals surface area contributed by atoms with Crippen molar-refractivity contribution in [3.05, 3.63) is 0 Å². The summed E-state index contributed by atoms with van der Waals surface area (Å²) in [6.45, 7) is 4.54. The van der Waals surface area contributed by atoms with E-state index in [1.54, 1.807) is 0 Å². The summed E-state index contributed by atoms with van der Waals surface area (Å²) < 4.78 is 0. The molecule has 2 aliphatic heterocycles. The number of fused-ring (bicyclic) bond motifs is 1. The fraction of sp³-hybridized carbons (Fsp3) is 1.00. The van der Waals surface area contributed by atoms with Gasteiger partial charge in [-0.25, -0.2) is 5.01 Å². The topological polar surface area (TPSA) is 32.5 Å². The van der Waals surface area contributed by atoms with E-state index in [-0.39, 0.29) is 0 Å². The predicted octanol–water partition coefficient (Wildman–Crippen LogP) is -0.407. The van der Waals surface area contributed by atoms with Crippen LogP contribution in [-0.4, -0.2) is 53.6 Å². The summed E-state index contributed by atoms with van der Waals surface area (Å²) in [6, 6.07) is 0.729. The largest absolute Gasteiger partial charge is 0.296 e. The molecule has 1 atom stereocenters. The van der Waals surface area contributed by atoms with Crippen LogP contribution in [0.15, 0.2) is 0 Å². The molecule has 0 amide bonds. The molecule has 0 aromatic heterocycles. The zero-order valence-electron chi connectivity index (χ0n) is 6.70. The Kier molecular flexibility index (Phi) is 2.36. The number of thioether (sulfide) groups is 1. The van der Waals surface area contributed by atoms with Crippen LogP contribution in [0.3, 0.4) is 0 Å². The van der Waals surface area contributed by atoms with Crippen LogP contribution in [0.25, 0.3) is 0 Å². The second-order valence-electron chi connectivity index (χ2n) is 3.26. The molecule has 1 unspecified atom stereocenters. The van der Waals surface area contributed by atoms with E-state index in [0.29, 0.717) is 0 Å². The first-order chi connectivity index (χ1) is 5.36. The number of nitrogens with two attached hydrogens (primary N) is 1. The molecule has 2 rings (SSSR count). The van der Waals surface area contributed by atoms with Gasteiger partial charge in [0.25, 0.3) is 0 Å². The summed E-state index contributed by atoms with van der Waals surface area (Å²) in [5, 5.41) is 1.95. The van der Waals surface area contributed by atoms with E-state index >= 15 is 0 Å². The molecular formula is C7H15N3S. The molecule has 0 aromatic carbocycles. The van der Waals surface area contributed by atoms with Crippen LogP contribution in [0.5, 0.6) is 0 Å². The first-order valence-corrected chi connectivity index (χ1v) is 5.33. The standard InChI is InChI=1S/C7H15N3S/c8-10-2-1-9-3-4-11-6-7(9)5-10/h7H,1-6,8H2. The highest BCUT2D eigenvalue weighted by molar-refractivity contribution is 7.99. The van der Waals surface area contributed by atoms with E-state index in [9.17, 15) is 0 Å². The lowest BCUT2D eigenvalue weighted by Crippen LogP contribution is -2.58. The van der Waals surface area contributed by atoms with Gasteiger partial charge in [-0.1, -0.05) is 0 Å². The van der Waals surface area contributed by atoms with E-state index in [4.69, 9.17) is 5.84 Å². The number of hydrazine groups is 1. The summed E-state index contributed by atoms with van der Waals surface area (Å²) >= 11 is 2.06. The molecule has 3 nitrogen and oxygen atoms in total. The highest BCUT2D eigenvalue weighted by atomic mass is 32.2. The van der Waals surface area contributed by atoms with Gasteiger partial charge in [-0.05, 0) is 0 Å². The number of hydrogen-bond acceptors (Lipinski definition) is 4. The Balaban J connectivity index is 1.93. The second kappa shape index (κ2) is 3.31. The Morgan fingerprint density at radius 3 is 3.09 bits per heavy atom. The Labute approximate surface area is 71.9 Å². The minimum Gasteiger partial charge on any atom is -0.296 e. The molecule has 0 saturated carbocycles. The van der Waals surface area contributed by atoms with Gasteiger partial charge in [0.2, 0.25) is 0 Å². The van der Waals surface area contributed by atoms with Gasteiger partial charge >= 0.3 is 0 Å². The van der Waals surface area contributed by atoms with Crippen LogP contribution in [0.4, 0.5) is 0 Å². The lowest BCUT2D eigenvalue weighted by molar-refractivity contribution is 0.0885. The summed E-state index contributed by atoms with van der Waals surface area (Å²) in [5.41, 5.74) is 0. The summed E-state index contributed by atoms with van der Waals surface area (Å²) in [5.74, 6) is 8.32. The van der Waals surface area contributed by atoms with Crippen LogP contribution in [0, 0.1) is 0 Å². The maximum atomic E-state index is 5.74. The Hall–Kier alpha value is 0.230. The molecule has 0 aromatic rings. The lowest BCUT2D eigenvalue weighted by atomic mass is 10.2. The van der Waals surface area contributed by atoms with Crippen LogP contribution in [-0.2, 0) is 0 Å². The third-order valence-electron chi connectivity index (χ3n) is 2.47. The van der Waals surface area contributed by atoms with Gasteiger partial charge in [0.15, 0.2) is 0 Å². The molecule has 2 saturated heterocycles. The molecule has 64 valence electrons. The van der Waals surface area contributed by atoms with Crippen LogP contribution in [0.1, 0.15) is 0 Å². The highest BCUT2D eigenvalue weighted by Gasteiger charge is 2.27. The van der Waals surface area contributed by atoms with Crippen molar-refractivity contribution in [3.63, 3.8) is 0 Å². The Morgan fingerprint density at radius 2 is 2.18 bits per heavy atom. The first-order valence-electron chi connectivity index (χ1n) is 4.18. The zero-order valence-corrected chi connectivity index (χ0v) is 7.52. The minimum atomic E-state index is 0.729. The third kappa shape index (κ3) is 1.69. The average Bonchev–Trinajstić information content (AvgIpc) is 2.04. The molecule has 2 fully saturated rings. The van der Waals surface area contributed by atoms with Crippen LogP contribution < -0.4 is 5.84 Å². The van der Waals surface area contributed by atoms with E-state index in [1.165, 1.54) is 24.6 Å². The lowest BCUT2D eigenvalue weighted by Gasteiger charge is -2.42. The van der Waals surface area contributed by atoms with Gasteiger partial charge < -0.3 is 0 Å². The maximum Gasteiger partial charge on any atom is 0.0328 e. The van der Waals surface area contributed by atoms with Gasteiger partial charge in [-0.3, -0.25) is 10.7 Å². The van der Waals surface area contributed by atoms with Crippen molar-refractivity contribution in [2.24, 2.45) is 5.84 Å². The van der Waals surface area contributed by atoms with Gasteiger partial charge in [-0.15, -0.1) is 0 Å². The molecule has 4 heteroatoms. The number of rotatable bonds is 0. The van der Waals surface area contributed by atoms with Crippen molar-refractivity contribution in [2.75, 3.05) is 37.7 Å².